The molecule has 2 aliphatic heterocycles. The molecule has 2 saturated heterocycles. The first-order valence-electron chi connectivity index (χ1n) is 9.33. The third-order valence-electron chi connectivity index (χ3n) is 6.01. The molecule has 0 radical (unpaired) electrons. The Kier molecular flexibility index (Phi) is 5.43. The number of ether oxygens (including phenoxy) is 1. The van der Waals surface area contributed by atoms with Gasteiger partial charge in [-0.25, -0.2) is 0 Å². The van der Waals surface area contributed by atoms with E-state index in [9.17, 15) is 5.11 Å². The lowest BCUT2D eigenvalue weighted by atomic mass is 9.77. The predicted molar refractivity (Wildman–Crippen MR) is 89.0 cm³/mol. The minimum atomic E-state index is -0.227. The highest BCUT2D eigenvalue weighted by atomic mass is 16.5. The van der Waals surface area contributed by atoms with Gasteiger partial charge in [0.2, 0.25) is 0 Å². The van der Waals surface area contributed by atoms with Crippen molar-refractivity contribution in [3.63, 3.8) is 0 Å². The number of piperidine rings is 1. The molecular formula is C18H34N2O2. The first kappa shape index (κ1) is 16.7. The first-order valence-corrected chi connectivity index (χ1v) is 9.33. The van der Waals surface area contributed by atoms with E-state index in [4.69, 9.17) is 4.74 Å². The predicted octanol–water partition coefficient (Wildman–Crippen LogP) is 2.11. The summed E-state index contributed by atoms with van der Waals surface area (Å²) in [6.45, 7) is 10.2. The van der Waals surface area contributed by atoms with Gasteiger partial charge in [0.05, 0.1) is 18.3 Å². The van der Waals surface area contributed by atoms with Gasteiger partial charge in [-0.2, -0.15) is 0 Å². The lowest BCUT2D eigenvalue weighted by molar-refractivity contribution is -0.0787. The Balaban J connectivity index is 1.40. The molecule has 4 nitrogen and oxygen atoms in total. The van der Waals surface area contributed by atoms with Crippen molar-refractivity contribution in [2.45, 2.75) is 70.7 Å². The Morgan fingerprint density at radius 2 is 1.50 bits per heavy atom. The summed E-state index contributed by atoms with van der Waals surface area (Å²) < 4.78 is 5.77. The summed E-state index contributed by atoms with van der Waals surface area (Å²) in [4.78, 5) is 4.85. The van der Waals surface area contributed by atoms with Gasteiger partial charge < -0.3 is 14.7 Å². The second kappa shape index (κ2) is 7.16. The molecule has 3 rings (SSSR count). The fourth-order valence-corrected chi connectivity index (χ4v) is 4.92. The lowest BCUT2D eigenvalue weighted by Crippen LogP contribution is -2.50. The maximum absolute atomic E-state index is 10.5. The first-order chi connectivity index (χ1) is 10.5. The van der Waals surface area contributed by atoms with Crippen molar-refractivity contribution in [2.24, 2.45) is 5.41 Å². The highest BCUT2D eigenvalue weighted by Crippen LogP contribution is 2.46. The van der Waals surface area contributed by atoms with Crippen LogP contribution in [-0.4, -0.2) is 72.5 Å². The SMILES string of the molecule is CC1CN(CC(O)CN2CCC3(CCCC3)CC2)CC(C)O1. The van der Waals surface area contributed by atoms with E-state index in [1.54, 1.807) is 0 Å². The van der Waals surface area contributed by atoms with E-state index in [1.165, 1.54) is 51.6 Å². The Labute approximate surface area is 135 Å². The number of rotatable bonds is 4. The molecule has 1 N–H and O–H groups in total. The van der Waals surface area contributed by atoms with Crippen LogP contribution in [0.2, 0.25) is 0 Å². The van der Waals surface area contributed by atoms with Crippen LogP contribution in [0.4, 0.5) is 0 Å². The van der Waals surface area contributed by atoms with Crippen molar-refractivity contribution in [1.29, 1.82) is 0 Å². The van der Waals surface area contributed by atoms with Gasteiger partial charge in [0, 0.05) is 26.2 Å². The van der Waals surface area contributed by atoms with Crippen LogP contribution in [0.25, 0.3) is 0 Å². The molecule has 0 amide bonds. The van der Waals surface area contributed by atoms with Crippen molar-refractivity contribution >= 4 is 0 Å². The van der Waals surface area contributed by atoms with Crippen LogP contribution in [0.3, 0.4) is 0 Å². The van der Waals surface area contributed by atoms with Gasteiger partial charge in [-0.05, 0) is 58.0 Å². The summed E-state index contributed by atoms with van der Waals surface area (Å²) >= 11 is 0. The number of aliphatic hydroxyl groups is 1. The molecule has 3 atom stereocenters. The third kappa shape index (κ3) is 4.22. The second-order valence-electron chi connectivity index (χ2n) is 8.14. The van der Waals surface area contributed by atoms with Crippen molar-refractivity contribution in [2.75, 3.05) is 39.3 Å². The number of likely N-dealkylation sites (tertiary alicyclic amines) is 1. The Hall–Kier alpha value is -0.160. The van der Waals surface area contributed by atoms with Gasteiger partial charge in [-0.1, -0.05) is 12.8 Å². The smallest absolute Gasteiger partial charge is 0.0793 e. The number of morpholine rings is 1. The van der Waals surface area contributed by atoms with Gasteiger partial charge in [0.15, 0.2) is 0 Å². The van der Waals surface area contributed by atoms with Crippen LogP contribution in [0, 0.1) is 5.41 Å². The molecule has 1 spiro atoms. The van der Waals surface area contributed by atoms with E-state index in [2.05, 4.69) is 23.6 Å². The minimum Gasteiger partial charge on any atom is -0.390 e. The molecular weight excluding hydrogens is 276 g/mol. The van der Waals surface area contributed by atoms with Crippen molar-refractivity contribution in [3.05, 3.63) is 0 Å². The average molecular weight is 310 g/mol. The van der Waals surface area contributed by atoms with E-state index >= 15 is 0 Å². The van der Waals surface area contributed by atoms with Gasteiger partial charge in [-0.15, -0.1) is 0 Å². The van der Waals surface area contributed by atoms with E-state index < -0.39 is 0 Å². The normalized spacial score (nSPS) is 35.0. The molecule has 1 aliphatic carbocycles. The van der Waals surface area contributed by atoms with E-state index in [0.29, 0.717) is 5.41 Å². The number of hydrogen-bond acceptors (Lipinski definition) is 4. The van der Waals surface area contributed by atoms with E-state index in [0.717, 1.165) is 26.2 Å². The minimum absolute atomic E-state index is 0.227. The quantitative estimate of drug-likeness (QED) is 0.863. The topological polar surface area (TPSA) is 35.9 Å². The molecule has 0 aromatic carbocycles. The molecule has 4 heteroatoms. The van der Waals surface area contributed by atoms with Crippen LogP contribution in [0.1, 0.15) is 52.4 Å². The zero-order chi connectivity index (χ0) is 15.6. The number of aliphatic hydroxyl groups excluding tert-OH is 1. The molecule has 0 aromatic heterocycles. The van der Waals surface area contributed by atoms with Crippen LogP contribution < -0.4 is 0 Å². The highest BCUT2D eigenvalue weighted by molar-refractivity contribution is 4.90. The highest BCUT2D eigenvalue weighted by Gasteiger charge is 2.37. The molecule has 3 aliphatic rings. The maximum atomic E-state index is 10.5. The second-order valence-corrected chi connectivity index (χ2v) is 8.14. The summed E-state index contributed by atoms with van der Waals surface area (Å²) in [6.07, 6.45) is 8.83. The summed E-state index contributed by atoms with van der Waals surface area (Å²) in [5, 5.41) is 10.5. The van der Waals surface area contributed by atoms with Crippen LogP contribution in [-0.2, 0) is 4.74 Å². The largest absolute Gasteiger partial charge is 0.390 e. The summed E-state index contributed by atoms with van der Waals surface area (Å²) in [5.41, 5.74) is 0.677. The molecule has 2 heterocycles. The molecule has 22 heavy (non-hydrogen) atoms. The number of hydrogen-bond donors (Lipinski definition) is 1. The molecule has 0 bridgehead atoms. The molecule has 3 fully saturated rings. The summed E-state index contributed by atoms with van der Waals surface area (Å²) in [5.74, 6) is 0. The molecule has 1 saturated carbocycles. The molecule has 0 aromatic rings. The van der Waals surface area contributed by atoms with Crippen molar-refractivity contribution < 1.29 is 9.84 Å². The number of β-amino-alcohol motifs (C(OH)–C–C–N with tert-alkyl or cyclic N) is 1. The van der Waals surface area contributed by atoms with Crippen molar-refractivity contribution in [3.8, 4) is 0 Å². The van der Waals surface area contributed by atoms with Crippen LogP contribution >= 0.6 is 0 Å². The number of nitrogens with zero attached hydrogens (tertiary/aromatic N) is 2. The summed E-state index contributed by atoms with van der Waals surface area (Å²) in [7, 11) is 0. The van der Waals surface area contributed by atoms with Crippen LogP contribution in [0.5, 0.6) is 0 Å². The monoisotopic (exact) mass is 310 g/mol. The molecule has 128 valence electrons. The lowest BCUT2D eigenvalue weighted by Gasteiger charge is -2.41. The van der Waals surface area contributed by atoms with E-state index in [1.807, 2.05) is 0 Å². The Bertz CT molecular complexity index is 337. The summed E-state index contributed by atoms with van der Waals surface area (Å²) in [6, 6.07) is 0. The van der Waals surface area contributed by atoms with E-state index in [-0.39, 0.29) is 18.3 Å². The standard InChI is InChI=1S/C18H34N2O2/c1-15-11-20(12-16(2)22-15)14-17(21)13-19-9-7-18(8-10-19)5-3-4-6-18/h15-17,21H,3-14H2,1-2H3. The fraction of sp³-hybridized carbons (Fsp3) is 1.00. The zero-order valence-electron chi connectivity index (χ0n) is 14.5. The third-order valence-corrected chi connectivity index (χ3v) is 6.01. The van der Waals surface area contributed by atoms with Gasteiger partial charge in [0.1, 0.15) is 0 Å². The van der Waals surface area contributed by atoms with Gasteiger partial charge >= 0.3 is 0 Å². The Morgan fingerprint density at radius 1 is 0.955 bits per heavy atom. The maximum Gasteiger partial charge on any atom is 0.0793 e. The van der Waals surface area contributed by atoms with Gasteiger partial charge in [-0.3, -0.25) is 4.90 Å². The fourth-order valence-electron chi connectivity index (χ4n) is 4.92. The van der Waals surface area contributed by atoms with Crippen molar-refractivity contribution in [1.82, 2.24) is 9.80 Å². The Morgan fingerprint density at radius 3 is 2.09 bits per heavy atom. The van der Waals surface area contributed by atoms with Gasteiger partial charge in [0.25, 0.3) is 0 Å². The zero-order valence-corrected chi connectivity index (χ0v) is 14.5. The average Bonchev–Trinajstić information content (AvgIpc) is 2.89. The van der Waals surface area contributed by atoms with Crippen LogP contribution in [0.15, 0.2) is 0 Å². The molecule has 3 unspecified atom stereocenters.